The van der Waals surface area contributed by atoms with Crippen LogP contribution in [0.4, 0.5) is 14.5 Å². The average Bonchev–Trinajstić information content (AvgIpc) is 2.51. The van der Waals surface area contributed by atoms with Gasteiger partial charge in [-0.3, -0.25) is 9.36 Å². The number of fused-ring (bicyclic) bond motifs is 1. The number of nitrogens with two attached hydrogens (primary N) is 1. The minimum atomic E-state index is -1.10. The second-order valence-electron chi connectivity index (χ2n) is 4.66. The zero-order valence-electron chi connectivity index (χ0n) is 11.2. The number of nitrogens with zero attached hydrogens (tertiary/aromatic N) is 2. The van der Waals surface area contributed by atoms with E-state index in [4.69, 9.17) is 11.0 Å². The lowest BCUT2D eigenvalue weighted by molar-refractivity contribution is 0.510. The van der Waals surface area contributed by atoms with Gasteiger partial charge in [0.1, 0.15) is 11.6 Å². The molecule has 1 aromatic heterocycles. The second-order valence-corrected chi connectivity index (χ2v) is 4.66. The van der Waals surface area contributed by atoms with E-state index in [0.717, 1.165) is 16.7 Å². The average molecular weight is 297 g/mol. The van der Waals surface area contributed by atoms with E-state index in [-0.39, 0.29) is 22.2 Å². The molecule has 0 amide bonds. The molecule has 0 aliphatic rings. The quantitative estimate of drug-likeness (QED) is 0.750. The lowest BCUT2D eigenvalue weighted by atomic mass is 10.1. The molecule has 1 heterocycles. The van der Waals surface area contributed by atoms with Crippen molar-refractivity contribution in [2.75, 3.05) is 5.73 Å². The van der Waals surface area contributed by atoms with Crippen LogP contribution < -0.4 is 11.3 Å². The van der Waals surface area contributed by atoms with Gasteiger partial charge in [0.25, 0.3) is 5.56 Å². The molecule has 0 saturated heterocycles. The van der Waals surface area contributed by atoms with Gasteiger partial charge >= 0.3 is 0 Å². The largest absolute Gasteiger partial charge is 0.397 e. The van der Waals surface area contributed by atoms with Crippen molar-refractivity contribution in [1.29, 1.82) is 5.26 Å². The molecular formula is C16H9F2N3O. The van der Waals surface area contributed by atoms with Crippen LogP contribution in [0.1, 0.15) is 5.56 Å². The molecule has 3 aromatic rings. The van der Waals surface area contributed by atoms with E-state index in [0.29, 0.717) is 5.69 Å². The minimum absolute atomic E-state index is 0.103. The van der Waals surface area contributed by atoms with Crippen LogP contribution in [0.5, 0.6) is 0 Å². The van der Waals surface area contributed by atoms with E-state index in [1.807, 2.05) is 0 Å². The molecule has 6 heteroatoms. The zero-order valence-corrected chi connectivity index (χ0v) is 11.2. The first-order chi connectivity index (χ1) is 10.5. The Morgan fingerprint density at radius 1 is 1.09 bits per heavy atom. The molecule has 2 N–H and O–H groups in total. The fraction of sp³-hybridized carbons (Fsp3) is 0. The van der Waals surface area contributed by atoms with Crippen molar-refractivity contribution in [2.24, 2.45) is 0 Å². The van der Waals surface area contributed by atoms with Crippen LogP contribution in [-0.4, -0.2) is 4.57 Å². The number of nitrogen functional groups attached to an aromatic ring is 1. The van der Waals surface area contributed by atoms with Gasteiger partial charge in [0.2, 0.25) is 0 Å². The summed E-state index contributed by atoms with van der Waals surface area (Å²) in [6.45, 7) is 0. The van der Waals surface area contributed by atoms with Crippen LogP contribution in [0, 0.1) is 23.0 Å². The first-order valence-corrected chi connectivity index (χ1v) is 6.33. The van der Waals surface area contributed by atoms with Gasteiger partial charge in [0.05, 0.1) is 11.2 Å². The number of para-hydroxylation sites is 1. The maximum atomic E-state index is 13.6. The van der Waals surface area contributed by atoms with Crippen molar-refractivity contribution in [3.63, 3.8) is 0 Å². The summed E-state index contributed by atoms with van der Waals surface area (Å²) >= 11 is 0. The topological polar surface area (TPSA) is 71.8 Å². The van der Waals surface area contributed by atoms with E-state index >= 15 is 0 Å². The third-order valence-electron chi connectivity index (χ3n) is 3.38. The third-order valence-corrected chi connectivity index (χ3v) is 3.38. The summed E-state index contributed by atoms with van der Waals surface area (Å²) in [6, 6.07) is 11.9. The summed E-state index contributed by atoms with van der Waals surface area (Å²) in [5.41, 5.74) is 5.17. The van der Waals surface area contributed by atoms with E-state index in [1.54, 1.807) is 36.4 Å². The number of halogens is 2. The highest BCUT2D eigenvalue weighted by molar-refractivity contribution is 5.94. The standard InChI is InChI=1S/C16H9F2N3O/c17-12-6-10-14(7-13(12)18)21(9-4-2-1-3-5-9)16(22)11(8-19)15(10)20/h1-7H,20H2. The molecule has 0 bridgehead atoms. The smallest absolute Gasteiger partial charge is 0.275 e. The van der Waals surface area contributed by atoms with E-state index in [2.05, 4.69) is 0 Å². The Bertz CT molecular complexity index is 988. The van der Waals surface area contributed by atoms with Gasteiger partial charge in [0, 0.05) is 17.1 Å². The highest BCUT2D eigenvalue weighted by atomic mass is 19.2. The van der Waals surface area contributed by atoms with Crippen molar-refractivity contribution in [2.45, 2.75) is 0 Å². The summed E-state index contributed by atoms with van der Waals surface area (Å²) in [5.74, 6) is -2.19. The molecule has 4 nitrogen and oxygen atoms in total. The number of benzene rings is 2. The predicted octanol–water partition coefficient (Wildman–Crippen LogP) is 2.72. The summed E-state index contributed by atoms with van der Waals surface area (Å²) in [6.07, 6.45) is 0. The van der Waals surface area contributed by atoms with E-state index in [9.17, 15) is 13.6 Å². The monoisotopic (exact) mass is 297 g/mol. The van der Waals surface area contributed by atoms with Crippen LogP contribution in [0.15, 0.2) is 47.3 Å². The van der Waals surface area contributed by atoms with Gasteiger partial charge in [0.15, 0.2) is 11.6 Å². The molecule has 2 aromatic carbocycles. The highest BCUT2D eigenvalue weighted by Crippen LogP contribution is 2.26. The third kappa shape index (κ3) is 1.91. The number of rotatable bonds is 1. The Balaban J connectivity index is 2.58. The molecule has 0 aliphatic heterocycles. The lowest BCUT2D eigenvalue weighted by Gasteiger charge is -2.13. The molecule has 3 rings (SSSR count). The molecule has 0 fully saturated rings. The van der Waals surface area contributed by atoms with Gasteiger partial charge in [-0.15, -0.1) is 0 Å². The van der Waals surface area contributed by atoms with E-state index in [1.165, 1.54) is 0 Å². The Hall–Kier alpha value is -3.20. The summed E-state index contributed by atoms with van der Waals surface area (Å²) in [4.78, 5) is 12.5. The van der Waals surface area contributed by atoms with Crippen molar-refractivity contribution in [3.05, 3.63) is 70.0 Å². The molecule has 22 heavy (non-hydrogen) atoms. The number of nitriles is 1. The fourth-order valence-electron chi connectivity index (χ4n) is 2.35. The Morgan fingerprint density at radius 3 is 2.36 bits per heavy atom. The summed E-state index contributed by atoms with van der Waals surface area (Å²) in [7, 11) is 0. The normalized spacial score (nSPS) is 10.6. The molecule has 0 spiro atoms. The Labute approximate surface area is 123 Å². The van der Waals surface area contributed by atoms with Gasteiger partial charge in [-0.2, -0.15) is 5.26 Å². The maximum Gasteiger partial charge on any atom is 0.275 e. The summed E-state index contributed by atoms with van der Waals surface area (Å²) < 4.78 is 28.2. The van der Waals surface area contributed by atoms with Crippen LogP contribution >= 0.6 is 0 Å². The number of pyridine rings is 1. The van der Waals surface area contributed by atoms with Gasteiger partial charge < -0.3 is 5.73 Å². The van der Waals surface area contributed by atoms with E-state index < -0.39 is 17.2 Å². The van der Waals surface area contributed by atoms with Crippen molar-refractivity contribution >= 4 is 16.6 Å². The highest BCUT2D eigenvalue weighted by Gasteiger charge is 2.18. The van der Waals surface area contributed by atoms with Gasteiger partial charge in [-0.1, -0.05) is 18.2 Å². The first-order valence-electron chi connectivity index (χ1n) is 6.33. The predicted molar refractivity (Wildman–Crippen MR) is 78.6 cm³/mol. The number of hydrogen-bond acceptors (Lipinski definition) is 3. The number of anilines is 1. The Kier molecular flexibility index (Phi) is 3.11. The van der Waals surface area contributed by atoms with Crippen molar-refractivity contribution in [3.8, 4) is 11.8 Å². The van der Waals surface area contributed by atoms with Crippen molar-refractivity contribution < 1.29 is 8.78 Å². The minimum Gasteiger partial charge on any atom is -0.397 e. The SMILES string of the molecule is N#Cc1c(N)c2cc(F)c(F)cc2n(-c2ccccc2)c1=O. The number of aromatic nitrogens is 1. The molecular weight excluding hydrogens is 288 g/mol. The van der Waals surface area contributed by atoms with Crippen LogP contribution in [-0.2, 0) is 0 Å². The molecule has 108 valence electrons. The summed E-state index contributed by atoms with van der Waals surface area (Å²) in [5, 5.41) is 9.25. The van der Waals surface area contributed by atoms with Gasteiger partial charge in [-0.05, 0) is 18.2 Å². The van der Waals surface area contributed by atoms with Crippen LogP contribution in [0.25, 0.3) is 16.6 Å². The van der Waals surface area contributed by atoms with Crippen LogP contribution in [0.3, 0.4) is 0 Å². The molecule has 0 aliphatic carbocycles. The second kappa shape index (κ2) is 4.97. The molecule has 0 radical (unpaired) electrons. The fourth-order valence-corrected chi connectivity index (χ4v) is 2.35. The zero-order chi connectivity index (χ0) is 15.9. The van der Waals surface area contributed by atoms with Crippen LogP contribution in [0.2, 0.25) is 0 Å². The molecule has 0 atom stereocenters. The molecule has 0 unspecified atom stereocenters. The number of hydrogen-bond donors (Lipinski definition) is 1. The first kappa shape index (κ1) is 13.8. The Morgan fingerprint density at radius 2 is 1.73 bits per heavy atom. The van der Waals surface area contributed by atoms with Gasteiger partial charge in [-0.25, -0.2) is 8.78 Å². The maximum absolute atomic E-state index is 13.6. The lowest BCUT2D eigenvalue weighted by Crippen LogP contribution is -2.23. The molecule has 0 saturated carbocycles. The van der Waals surface area contributed by atoms with Crippen molar-refractivity contribution in [1.82, 2.24) is 4.57 Å².